The van der Waals surface area contributed by atoms with Gasteiger partial charge in [0.15, 0.2) is 0 Å². The first-order chi connectivity index (χ1) is 8.24. The number of fused-ring (bicyclic) bond motifs is 1. The number of piperazine rings is 1. The van der Waals surface area contributed by atoms with Crippen LogP contribution in [0.1, 0.15) is 0 Å². The highest BCUT2D eigenvalue weighted by atomic mass is 35.5. The Morgan fingerprint density at radius 1 is 1.47 bits per heavy atom. The lowest BCUT2D eigenvalue weighted by Gasteiger charge is -2.37. The number of rotatable bonds is 1. The van der Waals surface area contributed by atoms with E-state index in [-0.39, 0.29) is 12.1 Å². The molecule has 2 saturated heterocycles. The number of pyridine rings is 1. The number of hydrogen-bond donors (Lipinski definition) is 1. The van der Waals surface area contributed by atoms with E-state index < -0.39 is 0 Å². The van der Waals surface area contributed by atoms with Gasteiger partial charge in [-0.25, -0.2) is 9.78 Å². The molecule has 1 N–H and O–H groups in total. The maximum atomic E-state index is 11.5. The van der Waals surface area contributed by atoms with E-state index in [1.54, 1.807) is 6.20 Å². The molecule has 0 radical (unpaired) electrons. The van der Waals surface area contributed by atoms with Gasteiger partial charge in [0.05, 0.1) is 6.04 Å². The van der Waals surface area contributed by atoms with E-state index in [1.807, 2.05) is 17.0 Å². The third kappa shape index (κ3) is 1.91. The quantitative estimate of drug-likeness (QED) is 0.757. The van der Waals surface area contributed by atoms with Gasteiger partial charge < -0.3 is 15.1 Å². The molecular weight excluding hydrogens is 240 g/mol. The summed E-state index contributed by atoms with van der Waals surface area (Å²) in [6.07, 6.45) is 1.71. The highest BCUT2D eigenvalue weighted by molar-refractivity contribution is 6.29. The molecule has 90 valence electrons. The third-order valence-electron chi connectivity index (χ3n) is 3.31. The van der Waals surface area contributed by atoms with Gasteiger partial charge in [0, 0.05) is 38.1 Å². The van der Waals surface area contributed by atoms with Crippen molar-refractivity contribution in [3.8, 4) is 0 Å². The van der Waals surface area contributed by atoms with Gasteiger partial charge in [-0.05, 0) is 12.1 Å². The SMILES string of the molecule is O=C1NCC2CN(c3ccnc(Cl)c3)CCN12. The van der Waals surface area contributed by atoms with Crippen LogP contribution in [0.25, 0.3) is 0 Å². The summed E-state index contributed by atoms with van der Waals surface area (Å²) in [5.41, 5.74) is 1.07. The van der Waals surface area contributed by atoms with Gasteiger partial charge in [-0.3, -0.25) is 0 Å². The summed E-state index contributed by atoms with van der Waals surface area (Å²) < 4.78 is 0. The van der Waals surface area contributed by atoms with Crippen molar-refractivity contribution < 1.29 is 4.79 Å². The number of nitrogens with one attached hydrogen (secondary N) is 1. The maximum absolute atomic E-state index is 11.5. The van der Waals surface area contributed by atoms with Crippen LogP contribution in [0.15, 0.2) is 18.3 Å². The fourth-order valence-electron chi connectivity index (χ4n) is 2.43. The van der Waals surface area contributed by atoms with Crippen molar-refractivity contribution in [3.05, 3.63) is 23.5 Å². The average Bonchev–Trinajstić information content (AvgIpc) is 2.71. The molecule has 0 saturated carbocycles. The van der Waals surface area contributed by atoms with Gasteiger partial charge in [-0.2, -0.15) is 0 Å². The van der Waals surface area contributed by atoms with Gasteiger partial charge in [-0.15, -0.1) is 0 Å². The van der Waals surface area contributed by atoms with Crippen LogP contribution in [0.4, 0.5) is 10.5 Å². The number of urea groups is 1. The fraction of sp³-hybridized carbons (Fsp3) is 0.455. The van der Waals surface area contributed by atoms with E-state index in [4.69, 9.17) is 11.6 Å². The van der Waals surface area contributed by atoms with Crippen LogP contribution >= 0.6 is 11.6 Å². The molecule has 3 rings (SSSR count). The van der Waals surface area contributed by atoms with Crippen LogP contribution in [0, 0.1) is 0 Å². The number of hydrogen-bond acceptors (Lipinski definition) is 3. The summed E-state index contributed by atoms with van der Waals surface area (Å²) in [6.45, 7) is 3.17. The largest absolute Gasteiger partial charge is 0.367 e. The second-order valence-electron chi connectivity index (χ2n) is 4.32. The number of carbonyl (C=O) groups excluding carboxylic acids is 1. The molecule has 2 aliphatic rings. The highest BCUT2D eigenvalue weighted by Crippen LogP contribution is 2.22. The summed E-state index contributed by atoms with van der Waals surface area (Å²) in [5.74, 6) is 0. The Hall–Kier alpha value is -1.49. The van der Waals surface area contributed by atoms with E-state index in [9.17, 15) is 4.79 Å². The van der Waals surface area contributed by atoms with Gasteiger partial charge in [-0.1, -0.05) is 11.6 Å². The molecule has 1 aromatic heterocycles. The number of halogens is 1. The summed E-state index contributed by atoms with van der Waals surface area (Å²) in [7, 11) is 0. The number of anilines is 1. The number of carbonyl (C=O) groups is 1. The second-order valence-corrected chi connectivity index (χ2v) is 4.70. The fourth-order valence-corrected chi connectivity index (χ4v) is 2.60. The Kier molecular flexibility index (Phi) is 2.55. The lowest BCUT2D eigenvalue weighted by molar-refractivity contribution is 0.197. The van der Waals surface area contributed by atoms with Gasteiger partial charge in [0.1, 0.15) is 5.15 Å². The number of nitrogens with zero attached hydrogens (tertiary/aromatic N) is 3. The van der Waals surface area contributed by atoms with Crippen molar-refractivity contribution in [2.75, 3.05) is 31.1 Å². The zero-order chi connectivity index (χ0) is 11.8. The predicted molar refractivity (Wildman–Crippen MR) is 65.4 cm³/mol. The topological polar surface area (TPSA) is 48.5 Å². The van der Waals surface area contributed by atoms with Crippen molar-refractivity contribution in [2.24, 2.45) is 0 Å². The predicted octanol–water partition coefficient (Wildman–Crippen LogP) is 0.949. The van der Waals surface area contributed by atoms with Gasteiger partial charge in [0.25, 0.3) is 0 Å². The molecule has 1 atom stereocenters. The van der Waals surface area contributed by atoms with E-state index in [0.717, 1.165) is 31.9 Å². The first kappa shape index (κ1) is 10.7. The van der Waals surface area contributed by atoms with Gasteiger partial charge in [0.2, 0.25) is 0 Å². The lowest BCUT2D eigenvalue weighted by atomic mass is 10.2. The Bertz CT molecular complexity index is 453. The molecule has 6 heteroatoms. The molecule has 2 aliphatic heterocycles. The normalized spacial score (nSPS) is 23.6. The maximum Gasteiger partial charge on any atom is 0.317 e. The highest BCUT2D eigenvalue weighted by Gasteiger charge is 2.35. The van der Waals surface area contributed by atoms with Crippen LogP contribution in [0.5, 0.6) is 0 Å². The molecule has 2 fully saturated rings. The molecule has 1 unspecified atom stereocenters. The molecular formula is C11H13ClN4O. The molecule has 0 aromatic carbocycles. The number of aromatic nitrogens is 1. The third-order valence-corrected chi connectivity index (χ3v) is 3.51. The first-order valence-electron chi connectivity index (χ1n) is 5.65. The van der Waals surface area contributed by atoms with Crippen LogP contribution in [-0.4, -0.2) is 48.1 Å². The van der Waals surface area contributed by atoms with Crippen LogP contribution in [0.2, 0.25) is 5.15 Å². The minimum atomic E-state index is 0.0578. The van der Waals surface area contributed by atoms with Crippen molar-refractivity contribution in [1.29, 1.82) is 0 Å². The molecule has 2 amide bonds. The van der Waals surface area contributed by atoms with Crippen LogP contribution < -0.4 is 10.2 Å². The molecule has 1 aromatic rings. The monoisotopic (exact) mass is 252 g/mol. The summed E-state index contributed by atoms with van der Waals surface area (Å²) in [4.78, 5) is 19.6. The summed E-state index contributed by atoms with van der Waals surface area (Å²) in [5, 5.41) is 3.37. The summed E-state index contributed by atoms with van der Waals surface area (Å²) >= 11 is 5.88. The Morgan fingerprint density at radius 3 is 3.18 bits per heavy atom. The van der Waals surface area contributed by atoms with Crippen molar-refractivity contribution >= 4 is 23.3 Å². The smallest absolute Gasteiger partial charge is 0.317 e. The van der Waals surface area contributed by atoms with E-state index in [0.29, 0.717) is 5.15 Å². The molecule has 3 heterocycles. The Morgan fingerprint density at radius 2 is 2.35 bits per heavy atom. The molecule has 0 aliphatic carbocycles. The zero-order valence-electron chi connectivity index (χ0n) is 9.27. The lowest BCUT2D eigenvalue weighted by Crippen LogP contribution is -2.52. The Labute approximate surface area is 104 Å². The first-order valence-corrected chi connectivity index (χ1v) is 6.03. The molecule has 5 nitrogen and oxygen atoms in total. The molecule has 17 heavy (non-hydrogen) atoms. The van der Waals surface area contributed by atoms with E-state index in [2.05, 4.69) is 15.2 Å². The molecule has 0 spiro atoms. The average molecular weight is 253 g/mol. The summed E-state index contributed by atoms with van der Waals surface area (Å²) in [6, 6.07) is 4.14. The van der Waals surface area contributed by atoms with Crippen molar-refractivity contribution in [1.82, 2.24) is 15.2 Å². The second kappa shape index (κ2) is 4.07. The minimum Gasteiger partial charge on any atom is -0.367 e. The van der Waals surface area contributed by atoms with Gasteiger partial charge >= 0.3 is 6.03 Å². The van der Waals surface area contributed by atoms with Crippen molar-refractivity contribution in [3.63, 3.8) is 0 Å². The van der Waals surface area contributed by atoms with Crippen LogP contribution in [-0.2, 0) is 0 Å². The zero-order valence-corrected chi connectivity index (χ0v) is 10.0. The Balaban J connectivity index is 1.77. The van der Waals surface area contributed by atoms with E-state index >= 15 is 0 Å². The molecule has 0 bridgehead atoms. The van der Waals surface area contributed by atoms with Crippen molar-refractivity contribution in [2.45, 2.75) is 6.04 Å². The minimum absolute atomic E-state index is 0.0578. The standard InChI is InChI=1S/C11H13ClN4O/c12-10-5-8(1-2-13-10)15-3-4-16-9(7-15)6-14-11(16)17/h1-2,5,9H,3-4,6-7H2,(H,14,17). The van der Waals surface area contributed by atoms with Crippen LogP contribution in [0.3, 0.4) is 0 Å². The number of amides is 2. The van der Waals surface area contributed by atoms with E-state index in [1.165, 1.54) is 0 Å².